The van der Waals surface area contributed by atoms with Crippen LogP contribution >= 0.6 is 11.6 Å². The fourth-order valence-electron chi connectivity index (χ4n) is 1.93. The molecule has 18 heavy (non-hydrogen) atoms. The molecule has 1 aromatic carbocycles. The maximum atomic E-state index is 5.93. The standard InChI is InChI=1S/C13H18ClN3O/c1-2-7-18-8-3-6-17-12-5-4-10(14)9-11(12)16-13(17)15/h4-5,9H,2-3,6-8H2,1H3,(H2,15,16). The van der Waals surface area contributed by atoms with Gasteiger partial charge in [0.25, 0.3) is 0 Å². The Bertz CT molecular complexity index is 524. The van der Waals surface area contributed by atoms with E-state index in [9.17, 15) is 0 Å². The van der Waals surface area contributed by atoms with Crippen molar-refractivity contribution in [2.24, 2.45) is 0 Å². The predicted octanol–water partition coefficient (Wildman–Crippen LogP) is 3.09. The third kappa shape index (κ3) is 2.94. The van der Waals surface area contributed by atoms with Crippen molar-refractivity contribution < 1.29 is 4.74 Å². The molecule has 0 amide bonds. The third-order valence-corrected chi connectivity index (χ3v) is 2.99. The van der Waals surface area contributed by atoms with E-state index in [0.29, 0.717) is 11.0 Å². The number of hydrogen-bond acceptors (Lipinski definition) is 3. The Kier molecular flexibility index (Phi) is 4.44. The van der Waals surface area contributed by atoms with Gasteiger partial charge in [-0.25, -0.2) is 4.98 Å². The number of ether oxygens (including phenoxy) is 1. The molecule has 0 fully saturated rings. The first-order chi connectivity index (χ1) is 8.72. The third-order valence-electron chi connectivity index (χ3n) is 2.76. The molecule has 0 aliphatic heterocycles. The molecular weight excluding hydrogens is 250 g/mol. The van der Waals surface area contributed by atoms with Gasteiger partial charge in [0.1, 0.15) is 0 Å². The average Bonchev–Trinajstić information content (AvgIpc) is 2.64. The highest BCUT2D eigenvalue weighted by Crippen LogP contribution is 2.21. The van der Waals surface area contributed by atoms with Crippen LogP contribution in [0, 0.1) is 0 Å². The summed E-state index contributed by atoms with van der Waals surface area (Å²) in [6, 6.07) is 5.64. The van der Waals surface area contributed by atoms with Crippen molar-refractivity contribution in [2.75, 3.05) is 18.9 Å². The number of rotatable bonds is 6. The number of nitrogen functional groups attached to an aromatic ring is 1. The van der Waals surface area contributed by atoms with Gasteiger partial charge >= 0.3 is 0 Å². The van der Waals surface area contributed by atoms with Gasteiger partial charge in [0.2, 0.25) is 5.95 Å². The van der Waals surface area contributed by atoms with E-state index >= 15 is 0 Å². The Morgan fingerprint density at radius 2 is 2.22 bits per heavy atom. The van der Waals surface area contributed by atoms with Crippen molar-refractivity contribution in [3.05, 3.63) is 23.2 Å². The summed E-state index contributed by atoms with van der Waals surface area (Å²) in [4.78, 5) is 4.30. The Labute approximate surface area is 112 Å². The molecule has 0 aliphatic rings. The Morgan fingerprint density at radius 3 is 3.00 bits per heavy atom. The van der Waals surface area contributed by atoms with Crippen LogP contribution in [0.2, 0.25) is 5.02 Å². The van der Waals surface area contributed by atoms with E-state index in [4.69, 9.17) is 22.1 Å². The van der Waals surface area contributed by atoms with E-state index < -0.39 is 0 Å². The molecule has 2 rings (SSSR count). The normalized spacial score (nSPS) is 11.2. The number of hydrogen-bond donors (Lipinski definition) is 1. The summed E-state index contributed by atoms with van der Waals surface area (Å²) in [6.45, 7) is 4.48. The van der Waals surface area contributed by atoms with Gasteiger partial charge in [0.15, 0.2) is 0 Å². The molecule has 0 saturated carbocycles. The lowest BCUT2D eigenvalue weighted by atomic mass is 10.3. The summed E-state index contributed by atoms with van der Waals surface area (Å²) in [5.41, 5.74) is 7.78. The van der Waals surface area contributed by atoms with Gasteiger partial charge in [-0.1, -0.05) is 18.5 Å². The van der Waals surface area contributed by atoms with E-state index in [2.05, 4.69) is 11.9 Å². The number of imidazole rings is 1. The Hall–Kier alpha value is -1.26. The number of aryl methyl sites for hydroxylation is 1. The summed E-state index contributed by atoms with van der Waals surface area (Å²) in [5.74, 6) is 0.530. The molecule has 0 radical (unpaired) electrons. The summed E-state index contributed by atoms with van der Waals surface area (Å²) in [7, 11) is 0. The minimum atomic E-state index is 0.530. The maximum Gasteiger partial charge on any atom is 0.201 e. The van der Waals surface area contributed by atoms with Crippen molar-refractivity contribution in [3.63, 3.8) is 0 Å². The zero-order chi connectivity index (χ0) is 13.0. The second kappa shape index (κ2) is 6.07. The summed E-state index contributed by atoms with van der Waals surface area (Å²) in [6.07, 6.45) is 1.98. The number of nitrogens with two attached hydrogens (primary N) is 1. The number of fused-ring (bicyclic) bond motifs is 1. The molecule has 0 atom stereocenters. The lowest BCUT2D eigenvalue weighted by Gasteiger charge is -2.06. The van der Waals surface area contributed by atoms with Gasteiger partial charge in [-0.2, -0.15) is 0 Å². The van der Waals surface area contributed by atoms with Gasteiger partial charge in [-0.15, -0.1) is 0 Å². The van der Waals surface area contributed by atoms with E-state index in [1.807, 2.05) is 22.8 Å². The predicted molar refractivity (Wildman–Crippen MR) is 74.9 cm³/mol. The van der Waals surface area contributed by atoms with E-state index in [1.165, 1.54) is 0 Å². The van der Waals surface area contributed by atoms with Gasteiger partial charge < -0.3 is 15.0 Å². The molecular formula is C13H18ClN3O. The second-order valence-electron chi connectivity index (χ2n) is 4.22. The van der Waals surface area contributed by atoms with E-state index in [1.54, 1.807) is 0 Å². The highest BCUT2D eigenvalue weighted by molar-refractivity contribution is 6.31. The molecule has 0 bridgehead atoms. The molecule has 2 N–H and O–H groups in total. The van der Waals surface area contributed by atoms with E-state index in [0.717, 1.165) is 43.6 Å². The highest BCUT2D eigenvalue weighted by atomic mass is 35.5. The topological polar surface area (TPSA) is 53.1 Å². The molecule has 2 aromatic rings. The molecule has 1 heterocycles. The fourth-order valence-corrected chi connectivity index (χ4v) is 2.09. The fraction of sp³-hybridized carbons (Fsp3) is 0.462. The van der Waals surface area contributed by atoms with Crippen LogP contribution in [-0.2, 0) is 11.3 Å². The molecule has 0 aliphatic carbocycles. The van der Waals surface area contributed by atoms with Gasteiger partial charge in [0.05, 0.1) is 11.0 Å². The molecule has 98 valence electrons. The van der Waals surface area contributed by atoms with Crippen LogP contribution in [0.4, 0.5) is 5.95 Å². The van der Waals surface area contributed by atoms with Crippen LogP contribution in [0.15, 0.2) is 18.2 Å². The average molecular weight is 268 g/mol. The minimum Gasteiger partial charge on any atom is -0.381 e. The smallest absolute Gasteiger partial charge is 0.201 e. The van der Waals surface area contributed by atoms with Crippen molar-refractivity contribution in [2.45, 2.75) is 26.3 Å². The molecule has 0 spiro atoms. The summed E-state index contributed by atoms with van der Waals surface area (Å²) < 4.78 is 7.46. The first-order valence-electron chi connectivity index (χ1n) is 6.21. The van der Waals surface area contributed by atoms with Crippen molar-refractivity contribution >= 4 is 28.6 Å². The molecule has 0 saturated heterocycles. The van der Waals surface area contributed by atoms with Crippen LogP contribution in [-0.4, -0.2) is 22.8 Å². The first-order valence-corrected chi connectivity index (χ1v) is 6.59. The van der Waals surface area contributed by atoms with Gasteiger partial charge in [0, 0.05) is 24.8 Å². The van der Waals surface area contributed by atoms with Gasteiger partial charge in [-0.3, -0.25) is 0 Å². The minimum absolute atomic E-state index is 0.530. The first kappa shape index (κ1) is 13.2. The lowest BCUT2D eigenvalue weighted by molar-refractivity contribution is 0.129. The number of nitrogens with zero attached hydrogens (tertiary/aromatic N) is 2. The number of halogens is 1. The second-order valence-corrected chi connectivity index (χ2v) is 4.66. The van der Waals surface area contributed by atoms with E-state index in [-0.39, 0.29) is 0 Å². The van der Waals surface area contributed by atoms with Crippen molar-refractivity contribution in [3.8, 4) is 0 Å². The summed E-state index contributed by atoms with van der Waals surface area (Å²) in [5, 5.41) is 0.679. The largest absolute Gasteiger partial charge is 0.381 e. The van der Waals surface area contributed by atoms with Crippen LogP contribution in [0.1, 0.15) is 19.8 Å². The molecule has 4 nitrogen and oxygen atoms in total. The van der Waals surface area contributed by atoms with Crippen molar-refractivity contribution in [1.82, 2.24) is 9.55 Å². The van der Waals surface area contributed by atoms with Gasteiger partial charge in [-0.05, 0) is 31.0 Å². The highest BCUT2D eigenvalue weighted by Gasteiger charge is 2.07. The monoisotopic (exact) mass is 267 g/mol. The van der Waals surface area contributed by atoms with Crippen molar-refractivity contribution in [1.29, 1.82) is 0 Å². The number of aromatic nitrogens is 2. The number of anilines is 1. The lowest BCUT2D eigenvalue weighted by Crippen LogP contribution is -2.06. The zero-order valence-electron chi connectivity index (χ0n) is 10.5. The van der Waals surface area contributed by atoms with Crippen LogP contribution in [0.25, 0.3) is 11.0 Å². The summed E-state index contributed by atoms with van der Waals surface area (Å²) >= 11 is 5.93. The van der Waals surface area contributed by atoms with Crippen LogP contribution < -0.4 is 5.73 Å². The number of benzene rings is 1. The quantitative estimate of drug-likeness (QED) is 0.819. The Morgan fingerprint density at radius 1 is 1.39 bits per heavy atom. The van der Waals surface area contributed by atoms with Crippen LogP contribution in [0.3, 0.4) is 0 Å². The molecule has 1 aromatic heterocycles. The molecule has 0 unspecified atom stereocenters. The SMILES string of the molecule is CCCOCCCn1c(N)nc2cc(Cl)ccc21. The Balaban J connectivity index is 2.05. The van der Waals surface area contributed by atoms with Crippen LogP contribution in [0.5, 0.6) is 0 Å². The molecule has 5 heteroatoms. The zero-order valence-corrected chi connectivity index (χ0v) is 11.3. The maximum absolute atomic E-state index is 5.93.